The van der Waals surface area contributed by atoms with Crippen LogP contribution in [0.1, 0.15) is 0 Å². The van der Waals surface area contributed by atoms with Gasteiger partial charge in [-0.25, -0.2) is 4.98 Å². The molecule has 3 heteroatoms. The van der Waals surface area contributed by atoms with E-state index >= 15 is 0 Å². The molecule has 0 aliphatic heterocycles. The molecule has 22 heavy (non-hydrogen) atoms. The van der Waals surface area contributed by atoms with Crippen LogP contribution in [0.3, 0.4) is 0 Å². The van der Waals surface area contributed by atoms with Crippen LogP contribution in [0, 0.1) is 0 Å². The number of thiazole rings is 1. The van der Waals surface area contributed by atoms with Gasteiger partial charge in [-0.15, -0.1) is 11.3 Å². The normalized spacial score (nSPS) is 10.0. The fourth-order valence-electron chi connectivity index (χ4n) is 1.92. The molecule has 0 bridgehead atoms. The Balaban J connectivity index is 0.000000139. The van der Waals surface area contributed by atoms with Gasteiger partial charge >= 0.3 is 0 Å². The van der Waals surface area contributed by atoms with E-state index in [1.165, 1.54) is 14.5 Å². The summed E-state index contributed by atoms with van der Waals surface area (Å²) in [6.07, 6.45) is 0. The Kier molecular flexibility index (Phi) is 5.24. The molecule has 0 atom stereocenters. The second-order valence-corrected chi connectivity index (χ2v) is 6.58. The summed E-state index contributed by atoms with van der Waals surface area (Å²) < 4.78 is 1.26. The summed E-state index contributed by atoms with van der Waals surface area (Å²) in [6.45, 7) is 0. The van der Waals surface area contributed by atoms with Crippen LogP contribution < -0.4 is 0 Å². The Labute approximate surface area is 138 Å². The molecule has 0 fully saturated rings. The standard InChI is InChI=1S/C12H10S.C7H5NS/c1-3-7-11(8-4-1)13-12-9-5-2-6-10-12;1-2-4-7-6(3-1)8-5-9-7/h1-10H;1-5H. The molecule has 4 rings (SSSR count). The summed E-state index contributed by atoms with van der Waals surface area (Å²) in [4.78, 5) is 6.71. The molecule has 1 nitrogen and oxygen atoms in total. The SMILES string of the molecule is c1ccc(Sc2ccccc2)cc1.c1ccc2scnc2c1. The average Bonchev–Trinajstić information content (AvgIpc) is 3.06. The molecule has 0 aliphatic rings. The fourth-order valence-corrected chi connectivity index (χ4v) is 3.45. The molecule has 0 saturated heterocycles. The van der Waals surface area contributed by atoms with Crippen LogP contribution in [0.25, 0.3) is 10.2 Å². The van der Waals surface area contributed by atoms with Gasteiger partial charge in [-0.2, -0.15) is 0 Å². The Morgan fingerprint density at radius 1 is 0.636 bits per heavy atom. The topological polar surface area (TPSA) is 12.9 Å². The van der Waals surface area contributed by atoms with E-state index in [2.05, 4.69) is 59.6 Å². The van der Waals surface area contributed by atoms with Crippen LogP contribution in [-0.4, -0.2) is 4.98 Å². The van der Waals surface area contributed by atoms with E-state index in [0.29, 0.717) is 0 Å². The zero-order chi connectivity index (χ0) is 15.0. The van der Waals surface area contributed by atoms with Crippen molar-refractivity contribution in [3.05, 3.63) is 90.4 Å². The van der Waals surface area contributed by atoms with Crippen molar-refractivity contribution in [1.29, 1.82) is 0 Å². The summed E-state index contributed by atoms with van der Waals surface area (Å²) in [7, 11) is 0. The monoisotopic (exact) mass is 321 g/mol. The van der Waals surface area contributed by atoms with Crippen LogP contribution >= 0.6 is 23.1 Å². The number of hydrogen-bond donors (Lipinski definition) is 0. The van der Waals surface area contributed by atoms with E-state index in [1.54, 1.807) is 23.1 Å². The minimum absolute atomic E-state index is 1.10. The van der Waals surface area contributed by atoms with Crippen molar-refractivity contribution in [2.75, 3.05) is 0 Å². The van der Waals surface area contributed by atoms with E-state index in [9.17, 15) is 0 Å². The predicted octanol–water partition coefficient (Wildman–Crippen LogP) is 6.13. The lowest BCUT2D eigenvalue weighted by molar-refractivity contribution is 1.41. The second-order valence-electron chi connectivity index (χ2n) is 4.55. The highest BCUT2D eigenvalue weighted by Crippen LogP contribution is 2.26. The van der Waals surface area contributed by atoms with Crippen molar-refractivity contribution in [2.24, 2.45) is 0 Å². The number of fused-ring (bicyclic) bond motifs is 1. The van der Waals surface area contributed by atoms with Crippen molar-refractivity contribution >= 4 is 33.3 Å². The molecule has 1 heterocycles. The molecule has 0 spiro atoms. The minimum atomic E-state index is 1.10. The molecular formula is C19H15NS2. The van der Waals surface area contributed by atoms with E-state index in [-0.39, 0.29) is 0 Å². The molecule has 0 aliphatic carbocycles. The van der Waals surface area contributed by atoms with Crippen molar-refractivity contribution in [3.8, 4) is 0 Å². The van der Waals surface area contributed by atoms with Gasteiger partial charge in [-0.3, -0.25) is 0 Å². The largest absolute Gasteiger partial charge is 0.245 e. The summed E-state index contributed by atoms with van der Waals surface area (Å²) in [5.74, 6) is 0. The van der Waals surface area contributed by atoms with Crippen LogP contribution in [0.5, 0.6) is 0 Å². The summed E-state index contributed by atoms with van der Waals surface area (Å²) >= 11 is 3.46. The van der Waals surface area contributed by atoms with E-state index in [1.807, 2.05) is 35.8 Å². The third-order valence-corrected chi connectivity index (χ3v) is 4.78. The molecule has 108 valence electrons. The number of rotatable bonds is 2. The highest BCUT2D eigenvalue weighted by atomic mass is 32.2. The Morgan fingerprint density at radius 3 is 1.77 bits per heavy atom. The van der Waals surface area contributed by atoms with Crippen molar-refractivity contribution in [2.45, 2.75) is 9.79 Å². The lowest BCUT2D eigenvalue weighted by Crippen LogP contribution is -1.70. The molecule has 0 unspecified atom stereocenters. The maximum Gasteiger partial charge on any atom is 0.0812 e. The zero-order valence-electron chi connectivity index (χ0n) is 11.9. The molecule has 0 radical (unpaired) electrons. The van der Waals surface area contributed by atoms with Gasteiger partial charge in [0.2, 0.25) is 0 Å². The first kappa shape index (κ1) is 14.8. The third-order valence-electron chi connectivity index (χ3n) is 2.96. The van der Waals surface area contributed by atoms with Crippen LogP contribution in [0.4, 0.5) is 0 Å². The maximum atomic E-state index is 4.14. The summed E-state index contributed by atoms with van der Waals surface area (Å²) in [5.41, 5.74) is 2.97. The quantitative estimate of drug-likeness (QED) is 0.440. The van der Waals surface area contributed by atoms with Crippen molar-refractivity contribution in [1.82, 2.24) is 4.98 Å². The smallest absolute Gasteiger partial charge is 0.0812 e. The van der Waals surface area contributed by atoms with Crippen LogP contribution in [-0.2, 0) is 0 Å². The minimum Gasteiger partial charge on any atom is -0.245 e. The summed E-state index contributed by atoms with van der Waals surface area (Å²) in [5, 5.41) is 0. The lowest BCUT2D eigenvalue weighted by atomic mass is 10.3. The van der Waals surface area contributed by atoms with Gasteiger partial charge in [-0.1, -0.05) is 60.3 Å². The van der Waals surface area contributed by atoms with Crippen molar-refractivity contribution in [3.63, 3.8) is 0 Å². The second kappa shape index (κ2) is 7.78. The van der Waals surface area contributed by atoms with Gasteiger partial charge in [0.1, 0.15) is 0 Å². The van der Waals surface area contributed by atoms with Gasteiger partial charge < -0.3 is 0 Å². The highest BCUT2D eigenvalue weighted by molar-refractivity contribution is 7.99. The van der Waals surface area contributed by atoms with Gasteiger partial charge in [0.25, 0.3) is 0 Å². The molecule has 1 aromatic heterocycles. The molecule has 4 aromatic rings. The molecule has 0 saturated carbocycles. The highest BCUT2D eigenvalue weighted by Gasteiger charge is 1.93. The van der Waals surface area contributed by atoms with Gasteiger partial charge in [0.15, 0.2) is 0 Å². The molecule has 3 aromatic carbocycles. The van der Waals surface area contributed by atoms with Gasteiger partial charge in [-0.05, 0) is 36.4 Å². The number of aromatic nitrogens is 1. The van der Waals surface area contributed by atoms with Crippen LogP contribution in [0.15, 0.2) is 100 Å². The number of hydrogen-bond acceptors (Lipinski definition) is 3. The Morgan fingerprint density at radius 2 is 1.18 bits per heavy atom. The summed E-state index contributed by atoms with van der Waals surface area (Å²) in [6, 6.07) is 28.9. The predicted molar refractivity (Wildman–Crippen MR) is 96.6 cm³/mol. The number of nitrogens with zero attached hydrogens (tertiary/aromatic N) is 1. The van der Waals surface area contributed by atoms with Gasteiger partial charge in [0, 0.05) is 9.79 Å². The fraction of sp³-hybridized carbons (Fsp3) is 0. The number of para-hydroxylation sites is 1. The Hall–Kier alpha value is -2.10. The lowest BCUT2D eigenvalue weighted by Gasteiger charge is -1.99. The van der Waals surface area contributed by atoms with E-state index < -0.39 is 0 Å². The first-order chi connectivity index (χ1) is 10.9. The van der Waals surface area contributed by atoms with Gasteiger partial charge in [0.05, 0.1) is 15.7 Å². The number of benzene rings is 3. The third kappa shape index (κ3) is 4.20. The maximum absolute atomic E-state index is 4.14. The first-order valence-corrected chi connectivity index (χ1v) is 8.67. The van der Waals surface area contributed by atoms with E-state index in [0.717, 1.165) is 5.52 Å². The van der Waals surface area contributed by atoms with Crippen molar-refractivity contribution < 1.29 is 0 Å². The first-order valence-electron chi connectivity index (χ1n) is 6.98. The van der Waals surface area contributed by atoms with Crippen LogP contribution in [0.2, 0.25) is 0 Å². The molecule has 0 N–H and O–H groups in total. The van der Waals surface area contributed by atoms with E-state index in [4.69, 9.17) is 0 Å². The average molecular weight is 321 g/mol. The molecule has 0 amide bonds. The molecular weight excluding hydrogens is 306 g/mol. The zero-order valence-corrected chi connectivity index (χ0v) is 13.6. The Bertz CT molecular complexity index is 743.